The number of aromatic amines is 1. The van der Waals surface area contributed by atoms with Gasteiger partial charge in [0.05, 0.1) is 25.0 Å². The second-order valence-corrected chi connectivity index (χ2v) is 11.6. The van der Waals surface area contributed by atoms with E-state index in [1.54, 1.807) is 0 Å². The molecule has 1 amide bonds. The number of thioether (sulfide) groups is 2. The average Bonchev–Trinajstić information content (AvgIpc) is 3.45. The Morgan fingerprint density at radius 1 is 1.40 bits per heavy atom. The molecule has 162 valence electrons. The van der Waals surface area contributed by atoms with Crippen LogP contribution in [0.4, 0.5) is 0 Å². The third-order valence-corrected chi connectivity index (χ3v) is 8.78. The van der Waals surface area contributed by atoms with E-state index in [-0.39, 0.29) is 17.9 Å². The van der Waals surface area contributed by atoms with E-state index in [0.717, 1.165) is 24.4 Å². The van der Waals surface area contributed by atoms with Crippen LogP contribution in [-0.4, -0.2) is 57.4 Å². The Labute approximate surface area is 193 Å². The predicted molar refractivity (Wildman–Crippen MR) is 125 cm³/mol. The number of likely N-dealkylation sites (tertiary alicyclic amines) is 1. The third kappa shape index (κ3) is 4.51. The smallest absolute Gasteiger partial charge is 0.248 e. The van der Waals surface area contributed by atoms with Gasteiger partial charge in [0.1, 0.15) is 11.9 Å². The van der Waals surface area contributed by atoms with Crippen molar-refractivity contribution in [3.05, 3.63) is 33.7 Å². The van der Waals surface area contributed by atoms with Gasteiger partial charge in [-0.2, -0.15) is 4.89 Å². The fourth-order valence-electron chi connectivity index (χ4n) is 3.95. The van der Waals surface area contributed by atoms with E-state index in [2.05, 4.69) is 47.9 Å². The summed E-state index contributed by atoms with van der Waals surface area (Å²) in [6, 6.07) is -0.564. The van der Waals surface area contributed by atoms with E-state index in [9.17, 15) is 4.79 Å². The molecule has 4 atom stereocenters. The van der Waals surface area contributed by atoms with Crippen LogP contribution >= 0.6 is 39.5 Å². The summed E-state index contributed by atoms with van der Waals surface area (Å²) in [5, 5.41) is 0.935. The van der Waals surface area contributed by atoms with E-state index in [1.807, 2.05) is 48.5 Å². The number of hydrogen-bond acceptors (Lipinski definition) is 7. The lowest BCUT2D eigenvalue weighted by Gasteiger charge is -2.27. The van der Waals surface area contributed by atoms with Crippen molar-refractivity contribution < 1.29 is 14.6 Å². The lowest BCUT2D eigenvalue weighted by atomic mass is 10.0. The molecule has 1 saturated heterocycles. The number of carbonyl (C=O) groups excluding carboxylic acids is 1. The van der Waals surface area contributed by atoms with Gasteiger partial charge < -0.3 is 14.8 Å². The third-order valence-electron chi connectivity index (χ3n) is 5.40. The molecule has 0 aliphatic carbocycles. The number of fused-ring (bicyclic) bond motifs is 1. The summed E-state index contributed by atoms with van der Waals surface area (Å²) in [7, 11) is 1.41. The molecule has 0 radical (unpaired) electrons. The number of amides is 1. The quantitative estimate of drug-likeness (QED) is 0.250. The molecule has 2 unspecified atom stereocenters. The number of imidazole rings is 1. The van der Waals surface area contributed by atoms with Crippen molar-refractivity contribution in [1.82, 2.24) is 14.9 Å². The summed E-state index contributed by atoms with van der Waals surface area (Å²) in [4.78, 5) is 38.1. The van der Waals surface area contributed by atoms with Crippen LogP contribution in [0.2, 0.25) is 0 Å². The number of hydrogen-bond donors (Lipinski definition) is 1. The number of nitrogens with one attached hydrogen (secondary N) is 1. The molecular weight excluding hydrogens is 488 g/mol. The second kappa shape index (κ2) is 9.50. The van der Waals surface area contributed by atoms with E-state index < -0.39 is 6.04 Å². The molecule has 7 nitrogen and oxygen atoms in total. The number of nitrogens with zero attached hydrogens (tertiary/aromatic N) is 3. The number of carbonyl (C=O) groups is 1. The van der Waals surface area contributed by atoms with Crippen molar-refractivity contribution >= 4 is 56.7 Å². The van der Waals surface area contributed by atoms with Crippen molar-refractivity contribution in [3.63, 3.8) is 0 Å². The Bertz CT molecular complexity index is 885. The molecule has 0 aromatic carbocycles. The molecule has 1 aromatic rings. The molecule has 1 fully saturated rings. The Morgan fingerprint density at radius 3 is 2.93 bits per heavy atom. The molecule has 1 N–H and O–H groups in total. The Balaban J connectivity index is 1.48. The molecule has 4 rings (SSSR count). The van der Waals surface area contributed by atoms with Gasteiger partial charge >= 0.3 is 0 Å². The normalized spacial score (nSPS) is 27.0. The van der Waals surface area contributed by atoms with Gasteiger partial charge in [-0.1, -0.05) is 19.9 Å². The second-order valence-electron chi connectivity index (χ2n) is 7.74. The molecule has 30 heavy (non-hydrogen) atoms. The minimum Gasteiger partial charge on any atom is -0.340 e. The highest BCUT2D eigenvalue weighted by molar-refractivity contribution is 9.14. The number of H-pyrrole nitrogens is 1. The highest BCUT2D eigenvalue weighted by Crippen LogP contribution is 2.51. The number of rotatable bonds is 7. The zero-order valence-electron chi connectivity index (χ0n) is 17.1. The Hall–Kier alpha value is -1.23. The molecule has 3 aliphatic heterocycles. The summed E-state index contributed by atoms with van der Waals surface area (Å²) in [6.07, 6.45) is 9.50. The van der Waals surface area contributed by atoms with Crippen LogP contribution < -0.4 is 0 Å². The number of aliphatic imine (C=N–C) groups is 1. The van der Waals surface area contributed by atoms with Crippen molar-refractivity contribution in [2.24, 2.45) is 10.9 Å². The summed E-state index contributed by atoms with van der Waals surface area (Å²) < 4.78 is 1.21. The van der Waals surface area contributed by atoms with Gasteiger partial charge in [0.2, 0.25) is 12.3 Å². The zero-order chi connectivity index (χ0) is 21.3. The first-order valence-corrected chi connectivity index (χ1v) is 12.5. The monoisotopic (exact) mass is 512 g/mol. The van der Waals surface area contributed by atoms with Gasteiger partial charge in [0.25, 0.3) is 0 Å². The molecule has 0 spiro atoms. The maximum absolute atomic E-state index is 13.2. The van der Waals surface area contributed by atoms with Crippen LogP contribution in [0.3, 0.4) is 0 Å². The van der Waals surface area contributed by atoms with Crippen LogP contribution in [0.5, 0.6) is 0 Å². The van der Waals surface area contributed by atoms with Gasteiger partial charge in [-0.05, 0) is 40.8 Å². The van der Waals surface area contributed by atoms with Crippen LogP contribution in [0.1, 0.15) is 44.2 Å². The molecule has 4 heterocycles. The maximum atomic E-state index is 13.2. The largest absolute Gasteiger partial charge is 0.340 e. The van der Waals surface area contributed by atoms with Crippen LogP contribution in [-0.2, 0) is 14.6 Å². The standard InChI is InChI=1S/C20H25BrN4O3S2/c1-11(2)18(23-10-28-27-3)20(26)25-6-4-5-13(25)19-22-9-12(24-19)14-7-15-16(29-14)8-17(21)30-15/h7-11,13,15-16,18H,4-6H2,1-3H3,(H,22,24)/b23-10+/t13-,15?,16?,18-/m0/s1. The maximum Gasteiger partial charge on any atom is 0.248 e. The number of halogens is 1. The van der Waals surface area contributed by atoms with E-state index in [0.29, 0.717) is 17.0 Å². The van der Waals surface area contributed by atoms with Crippen molar-refractivity contribution in [3.8, 4) is 0 Å². The minimum atomic E-state index is -0.509. The predicted octanol–water partition coefficient (Wildman–Crippen LogP) is 4.51. The van der Waals surface area contributed by atoms with Crippen LogP contribution in [0, 0.1) is 5.92 Å². The van der Waals surface area contributed by atoms with Crippen LogP contribution in [0.15, 0.2) is 27.2 Å². The van der Waals surface area contributed by atoms with Gasteiger partial charge in [-0.15, -0.1) is 23.5 Å². The van der Waals surface area contributed by atoms with E-state index in [1.165, 1.54) is 22.2 Å². The lowest BCUT2D eigenvalue weighted by molar-refractivity contribution is -0.188. The Kier molecular flexibility index (Phi) is 6.96. The summed E-state index contributed by atoms with van der Waals surface area (Å²) in [5.41, 5.74) is 1.03. The molecule has 1 aromatic heterocycles. The topological polar surface area (TPSA) is 79.8 Å². The highest BCUT2D eigenvalue weighted by atomic mass is 79.9. The lowest BCUT2D eigenvalue weighted by Crippen LogP contribution is -2.40. The zero-order valence-corrected chi connectivity index (χ0v) is 20.3. The SMILES string of the molecule is COO/C=N/[C@H](C(=O)N1CCC[C@H]1c1ncc(C2=CC3SC(Br)=CC3S2)[nH]1)C(C)C. The van der Waals surface area contributed by atoms with E-state index in [4.69, 9.17) is 4.89 Å². The molecule has 0 bridgehead atoms. The van der Waals surface area contributed by atoms with Crippen molar-refractivity contribution in [2.45, 2.75) is 49.3 Å². The molecular formula is C20H25BrN4O3S2. The first-order valence-electron chi connectivity index (χ1n) is 9.97. The fourth-order valence-corrected chi connectivity index (χ4v) is 7.63. The summed E-state index contributed by atoms with van der Waals surface area (Å²) in [6.45, 7) is 4.67. The fraction of sp³-hybridized carbons (Fsp3) is 0.550. The molecule has 3 aliphatic rings. The summed E-state index contributed by atoms with van der Waals surface area (Å²) in [5.74, 6) is 0.891. The molecule has 10 heteroatoms. The van der Waals surface area contributed by atoms with Gasteiger partial charge in [-0.25, -0.2) is 9.98 Å². The molecule has 0 saturated carbocycles. The Morgan fingerprint density at radius 2 is 2.20 bits per heavy atom. The summed E-state index contributed by atoms with van der Waals surface area (Å²) >= 11 is 7.28. The first kappa shape index (κ1) is 22.0. The first-order chi connectivity index (χ1) is 14.5. The average molecular weight is 513 g/mol. The highest BCUT2D eigenvalue weighted by Gasteiger charge is 2.37. The van der Waals surface area contributed by atoms with Gasteiger partial charge in [-0.3, -0.25) is 4.79 Å². The van der Waals surface area contributed by atoms with Crippen molar-refractivity contribution in [1.29, 1.82) is 0 Å². The number of aromatic nitrogens is 2. The van der Waals surface area contributed by atoms with Gasteiger partial charge in [0, 0.05) is 25.8 Å². The minimum absolute atomic E-state index is 0.00298. The van der Waals surface area contributed by atoms with Crippen molar-refractivity contribution in [2.75, 3.05) is 13.7 Å². The van der Waals surface area contributed by atoms with E-state index >= 15 is 0 Å². The van der Waals surface area contributed by atoms with Crippen LogP contribution in [0.25, 0.3) is 4.91 Å². The van der Waals surface area contributed by atoms with Gasteiger partial charge in [0.15, 0.2) is 0 Å².